The average Bonchev–Trinajstić information content (AvgIpc) is 2.45. The summed E-state index contributed by atoms with van der Waals surface area (Å²) >= 11 is 0. The van der Waals surface area contributed by atoms with Gasteiger partial charge in [0, 0.05) is 34.4 Å². The Morgan fingerprint density at radius 1 is 1.48 bits per heavy atom. The minimum atomic E-state index is -0.869. The van der Waals surface area contributed by atoms with Crippen LogP contribution in [-0.4, -0.2) is 34.7 Å². The number of hydrogen-bond donors (Lipinski definition) is 2. The van der Waals surface area contributed by atoms with E-state index in [4.69, 9.17) is 5.73 Å². The van der Waals surface area contributed by atoms with Crippen molar-refractivity contribution in [3.63, 3.8) is 0 Å². The molecule has 0 radical (unpaired) electrons. The van der Waals surface area contributed by atoms with Crippen molar-refractivity contribution >= 4 is 16.7 Å². The van der Waals surface area contributed by atoms with Gasteiger partial charge in [-0.15, -0.1) is 0 Å². The van der Waals surface area contributed by atoms with E-state index in [0.717, 1.165) is 5.56 Å². The molecule has 21 heavy (non-hydrogen) atoms. The normalized spacial score (nSPS) is 13.0. The number of aryl methyl sites for hydroxylation is 1. The van der Waals surface area contributed by atoms with Crippen molar-refractivity contribution in [3.05, 3.63) is 34.9 Å². The van der Waals surface area contributed by atoms with Crippen molar-refractivity contribution in [2.45, 2.75) is 25.5 Å². The van der Waals surface area contributed by atoms with E-state index in [2.05, 4.69) is 17.2 Å². The van der Waals surface area contributed by atoms with E-state index in [9.17, 15) is 9.00 Å². The van der Waals surface area contributed by atoms with Crippen LogP contribution in [0.1, 0.15) is 34.8 Å². The summed E-state index contributed by atoms with van der Waals surface area (Å²) in [5.41, 5.74) is 7.61. The molecule has 1 aromatic rings. The van der Waals surface area contributed by atoms with Gasteiger partial charge in [0.05, 0.1) is 12.1 Å². The lowest BCUT2D eigenvalue weighted by atomic mass is 10.0. The summed E-state index contributed by atoms with van der Waals surface area (Å²) < 4.78 is 11.3. The molecule has 1 rings (SSSR count). The van der Waals surface area contributed by atoms with Gasteiger partial charge >= 0.3 is 0 Å². The number of amides is 1. The summed E-state index contributed by atoms with van der Waals surface area (Å²) in [7, 11) is -0.869. The summed E-state index contributed by atoms with van der Waals surface area (Å²) in [6, 6.07) is 5.56. The molecule has 2 unspecified atom stereocenters. The van der Waals surface area contributed by atoms with Crippen molar-refractivity contribution in [3.8, 4) is 11.8 Å². The molecule has 1 aromatic carbocycles. The Morgan fingerprint density at radius 3 is 2.81 bits per heavy atom. The Hall–Kier alpha value is -1.64. The Kier molecular flexibility index (Phi) is 7.13. The molecule has 0 saturated heterocycles. The molecule has 0 bridgehead atoms. The van der Waals surface area contributed by atoms with Gasteiger partial charge in [0.15, 0.2) is 0 Å². The van der Waals surface area contributed by atoms with Gasteiger partial charge in [0.1, 0.15) is 0 Å². The molecule has 2 atom stereocenters. The van der Waals surface area contributed by atoms with Gasteiger partial charge in [-0.3, -0.25) is 9.00 Å². The third-order valence-electron chi connectivity index (χ3n) is 3.15. The number of hydrogen-bond acceptors (Lipinski definition) is 3. The molecule has 114 valence electrons. The maximum atomic E-state index is 12.2. The van der Waals surface area contributed by atoms with Crippen molar-refractivity contribution in [2.75, 3.05) is 19.3 Å². The largest absolute Gasteiger partial charge is 0.352 e. The number of nitrogens with one attached hydrogen (secondary N) is 1. The van der Waals surface area contributed by atoms with Gasteiger partial charge in [0.25, 0.3) is 5.91 Å². The fourth-order valence-corrected chi connectivity index (χ4v) is 2.20. The fourth-order valence-electron chi connectivity index (χ4n) is 1.75. The van der Waals surface area contributed by atoms with Crippen LogP contribution in [0, 0.1) is 18.8 Å². The van der Waals surface area contributed by atoms with Gasteiger partial charge in [0.2, 0.25) is 0 Å². The lowest BCUT2D eigenvalue weighted by Crippen LogP contribution is -2.28. The van der Waals surface area contributed by atoms with Crippen LogP contribution in [0.15, 0.2) is 18.2 Å². The second-order valence-electron chi connectivity index (χ2n) is 4.91. The minimum Gasteiger partial charge on any atom is -0.352 e. The van der Waals surface area contributed by atoms with Crippen molar-refractivity contribution in [2.24, 2.45) is 5.73 Å². The first-order valence-electron chi connectivity index (χ1n) is 6.85. The van der Waals surface area contributed by atoms with Crippen LogP contribution in [0.4, 0.5) is 0 Å². The summed E-state index contributed by atoms with van der Waals surface area (Å²) in [5, 5.41) is 2.93. The van der Waals surface area contributed by atoms with Gasteiger partial charge in [-0.05, 0) is 25.5 Å². The number of nitrogens with two attached hydrogens (primary N) is 1. The fraction of sp³-hybridized carbons (Fsp3) is 0.438. The van der Waals surface area contributed by atoms with Crippen molar-refractivity contribution < 1.29 is 9.00 Å². The first-order chi connectivity index (χ1) is 9.95. The van der Waals surface area contributed by atoms with E-state index in [1.54, 1.807) is 6.26 Å². The van der Waals surface area contributed by atoms with Crippen LogP contribution in [0.3, 0.4) is 0 Å². The monoisotopic (exact) mass is 306 g/mol. The third-order valence-corrected chi connectivity index (χ3v) is 4.52. The van der Waals surface area contributed by atoms with Crippen LogP contribution in [0.25, 0.3) is 0 Å². The zero-order valence-corrected chi connectivity index (χ0v) is 13.5. The Bertz CT molecular complexity index is 588. The average molecular weight is 306 g/mol. The number of carbonyl (C=O) groups is 1. The molecular weight excluding hydrogens is 284 g/mol. The quantitative estimate of drug-likeness (QED) is 0.803. The molecule has 0 aliphatic rings. The molecule has 1 amide bonds. The highest BCUT2D eigenvalue weighted by Crippen LogP contribution is 2.11. The molecule has 0 aliphatic heterocycles. The Morgan fingerprint density at radius 2 is 2.19 bits per heavy atom. The molecule has 0 aromatic heterocycles. The highest BCUT2D eigenvalue weighted by atomic mass is 32.2. The minimum absolute atomic E-state index is 0.0688. The molecule has 5 heteroatoms. The predicted octanol–water partition coefficient (Wildman–Crippen LogP) is 1.19. The smallest absolute Gasteiger partial charge is 0.252 e. The molecule has 0 fully saturated rings. The number of benzene rings is 1. The molecule has 0 heterocycles. The Labute approximate surface area is 129 Å². The van der Waals surface area contributed by atoms with Crippen LogP contribution in [0.2, 0.25) is 0 Å². The number of carbonyl (C=O) groups excluding carboxylic acids is 1. The van der Waals surface area contributed by atoms with Crippen molar-refractivity contribution in [1.29, 1.82) is 0 Å². The van der Waals surface area contributed by atoms with E-state index in [1.807, 2.05) is 32.0 Å². The van der Waals surface area contributed by atoms with E-state index in [-0.39, 0.29) is 17.7 Å². The number of rotatable bonds is 5. The lowest BCUT2D eigenvalue weighted by Gasteiger charge is -2.10. The molecular formula is C16H22N2O2S. The van der Waals surface area contributed by atoms with E-state index in [1.165, 1.54) is 0 Å². The molecule has 0 saturated carbocycles. The third kappa shape index (κ3) is 5.70. The molecule has 3 N–H and O–H groups in total. The van der Waals surface area contributed by atoms with Crippen LogP contribution < -0.4 is 11.1 Å². The molecule has 4 nitrogen and oxygen atoms in total. The lowest BCUT2D eigenvalue weighted by molar-refractivity contribution is 0.0953. The van der Waals surface area contributed by atoms with Crippen LogP contribution in [0.5, 0.6) is 0 Å². The van der Waals surface area contributed by atoms with Gasteiger partial charge in [-0.2, -0.15) is 0 Å². The van der Waals surface area contributed by atoms with Crippen molar-refractivity contribution in [1.82, 2.24) is 5.32 Å². The zero-order chi connectivity index (χ0) is 15.8. The topological polar surface area (TPSA) is 72.2 Å². The molecule has 0 aliphatic carbocycles. The first-order valence-corrected chi connectivity index (χ1v) is 8.47. The SMILES string of the molecule is Cc1ccc(C#CCN)c(C(=O)NCCC(C)S(C)=O)c1. The van der Waals surface area contributed by atoms with E-state index in [0.29, 0.717) is 24.1 Å². The predicted molar refractivity (Wildman–Crippen MR) is 87.6 cm³/mol. The van der Waals surface area contributed by atoms with Crippen LogP contribution >= 0.6 is 0 Å². The zero-order valence-electron chi connectivity index (χ0n) is 12.7. The van der Waals surface area contributed by atoms with E-state index < -0.39 is 10.8 Å². The summed E-state index contributed by atoms with van der Waals surface area (Å²) in [5.74, 6) is 5.52. The maximum absolute atomic E-state index is 12.2. The summed E-state index contributed by atoms with van der Waals surface area (Å²) in [4.78, 5) is 12.2. The van der Waals surface area contributed by atoms with Gasteiger partial charge in [-0.25, -0.2) is 0 Å². The van der Waals surface area contributed by atoms with Crippen LogP contribution in [-0.2, 0) is 10.8 Å². The second kappa shape index (κ2) is 8.60. The summed E-state index contributed by atoms with van der Waals surface area (Å²) in [6.07, 6.45) is 2.36. The second-order valence-corrected chi connectivity index (χ2v) is 6.71. The van der Waals surface area contributed by atoms with Gasteiger partial charge < -0.3 is 11.1 Å². The highest BCUT2D eigenvalue weighted by Gasteiger charge is 2.11. The first kappa shape index (κ1) is 17.4. The molecule has 0 spiro atoms. The standard InChI is InChI=1S/C16H22N2O2S/c1-12-6-7-14(5-4-9-17)15(11-12)16(19)18-10-8-13(2)21(3)20/h6-7,11,13H,8-10,17H2,1-3H3,(H,18,19). The van der Waals surface area contributed by atoms with Gasteiger partial charge in [-0.1, -0.05) is 30.4 Å². The maximum Gasteiger partial charge on any atom is 0.252 e. The van der Waals surface area contributed by atoms with E-state index >= 15 is 0 Å². The highest BCUT2D eigenvalue weighted by molar-refractivity contribution is 7.84. The summed E-state index contributed by atoms with van der Waals surface area (Å²) in [6.45, 7) is 4.60. The Balaban J connectivity index is 2.77.